The maximum atomic E-state index is 13.1. The number of aromatic nitrogens is 3. The zero-order valence-corrected chi connectivity index (χ0v) is 19.5. The van der Waals surface area contributed by atoms with Gasteiger partial charge in [0.1, 0.15) is 0 Å². The van der Waals surface area contributed by atoms with Gasteiger partial charge in [0.05, 0.1) is 24.5 Å². The average molecular weight is 444 g/mol. The number of hydrogen-bond donors (Lipinski definition) is 1. The largest absolute Gasteiger partial charge is 0.378 e. The molecule has 1 aliphatic heterocycles. The van der Waals surface area contributed by atoms with Crippen molar-refractivity contribution in [3.63, 3.8) is 0 Å². The van der Waals surface area contributed by atoms with Crippen molar-refractivity contribution >= 4 is 23.6 Å². The Morgan fingerprint density at radius 3 is 2.77 bits per heavy atom. The number of anilines is 1. The predicted octanol–water partition coefficient (Wildman–Crippen LogP) is 3.45. The van der Waals surface area contributed by atoms with E-state index in [9.17, 15) is 4.79 Å². The zero-order valence-electron chi connectivity index (χ0n) is 18.7. The summed E-state index contributed by atoms with van der Waals surface area (Å²) in [5.74, 6) is 1.39. The van der Waals surface area contributed by atoms with Crippen molar-refractivity contribution in [3.8, 4) is 0 Å². The first-order valence-corrected chi connectivity index (χ1v) is 12.2. The zero-order chi connectivity index (χ0) is 21.8. The minimum absolute atomic E-state index is 0.0544. The highest BCUT2D eigenvalue weighted by atomic mass is 32.2. The van der Waals surface area contributed by atoms with Gasteiger partial charge in [0.2, 0.25) is 11.9 Å². The Hall–Kier alpha value is -2.06. The minimum atomic E-state index is -0.248. The topological polar surface area (TPSA) is 72.3 Å². The summed E-state index contributed by atoms with van der Waals surface area (Å²) in [6, 6.07) is 8.55. The van der Waals surface area contributed by atoms with E-state index in [1.807, 2.05) is 6.92 Å². The highest BCUT2D eigenvalue weighted by Crippen LogP contribution is 2.31. The maximum absolute atomic E-state index is 13.1. The molecule has 2 aliphatic rings. The van der Waals surface area contributed by atoms with Crippen molar-refractivity contribution in [1.29, 1.82) is 0 Å². The fourth-order valence-corrected chi connectivity index (χ4v) is 5.16. The second-order valence-electron chi connectivity index (χ2n) is 8.80. The van der Waals surface area contributed by atoms with Crippen LogP contribution in [0.15, 0.2) is 29.4 Å². The van der Waals surface area contributed by atoms with E-state index in [1.165, 1.54) is 22.9 Å². The number of nitrogens with one attached hydrogen (secondary N) is 1. The summed E-state index contributed by atoms with van der Waals surface area (Å²) in [6.45, 7) is 10.2. The van der Waals surface area contributed by atoms with E-state index in [1.54, 1.807) is 0 Å². The van der Waals surface area contributed by atoms with Gasteiger partial charge in [0.15, 0.2) is 5.16 Å². The lowest BCUT2D eigenvalue weighted by atomic mass is 9.88. The number of carbonyl (C=O) groups excluding carboxylic acids is 1. The smallest absolute Gasteiger partial charge is 0.233 e. The van der Waals surface area contributed by atoms with Gasteiger partial charge in [-0.2, -0.15) is 0 Å². The summed E-state index contributed by atoms with van der Waals surface area (Å²) in [5.41, 5.74) is 2.61. The van der Waals surface area contributed by atoms with Gasteiger partial charge in [-0.15, -0.1) is 10.2 Å². The van der Waals surface area contributed by atoms with E-state index in [-0.39, 0.29) is 17.2 Å². The van der Waals surface area contributed by atoms with Crippen LogP contribution < -0.4 is 10.2 Å². The summed E-state index contributed by atoms with van der Waals surface area (Å²) in [5, 5.41) is 12.8. The lowest BCUT2D eigenvalue weighted by Crippen LogP contribution is -2.38. The number of thioether (sulfide) groups is 1. The summed E-state index contributed by atoms with van der Waals surface area (Å²) in [6.07, 6.45) is 3.19. The molecule has 1 aromatic heterocycles. The SMILES string of the molecule is CC(C)Cn1c(S[C@H](C)C(=O)N[C@H]2CCCc3ccccc32)nnc1N1CCOCC1. The van der Waals surface area contributed by atoms with Gasteiger partial charge in [-0.1, -0.05) is 49.9 Å². The van der Waals surface area contributed by atoms with Gasteiger partial charge >= 0.3 is 0 Å². The minimum Gasteiger partial charge on any atom is -0.378 e. The van der Waals surface area contributed by atoms with Gasteiger partial charge < -0.3 is 15.0 Å². The van der Waals surface area contributed by atoms with E-state index < -0.39 is 0 Å². The molecular formula is C23H33N5O2S. The molecule has 168 valence electrons. The third kappa shape index (κ3) is 5.23. The molecule has 0 saturated carbocycles. The molecule has 2 atom stereocenters. The number of hydrogen-bond acceptors (Lipinski definition) is 6. The number of aryl methyl sites for hydroxylation is 1. The van der Waals surface area contributed by atoms with Crippen LogP contribution >= 0.6 is 11.8 Å². The summed E-state index contributed by atoms with van der Waals surface area (Å²) >= 11 is 1.49. The van der Waals surface area contributed by atoms with E-state index in [4.69, 9.17) is 4.74 Å². The Bertz CT molecular complexity index is 894. The second kappa shape index (κ2) is 10.0. The van der Waals surface area contributed by atoms with Gasteiger partial charge in [-0.25, -0.2) is 0 Å². The van der Waals surface area contributed by atoms with Crippen molar-refractivity contribution in [2.75, 3.05) is 31.2 Å². The number of nitrogens with zero attached hydrogens (tertiary/aromatic N) is 4. The van der Waals surface area contributed by atoms with Crippen molar-refractivity contribution in [2.45, 2.75) is 63.0 Å². The van der Waals surface area contributed by atoms with Gasteiger partial charge in [0.25, 0.3) is 0 Å². The number of morpholine rings is 1. The Balaban J connectivity index is 1.46. The van der Waals surface area contributed by atoms with Crippen molar-refractivity contribution in [3.05, 3.63) is 35.4 Å². The monoisotopic (exact) mass is 443 g/mol. The molecule has 1 saturated heterocycles. The van der Waals surface area contributed by atoms with Crippen molar-refractivity contribution in [2.24, 2.45) is 5.92 Å². The second-order valence-corrected chi connectivity index (χ2v) is 10.1. The quantitative estimate of drug-likeness (QED) is 0.661. The standard InChI is InChI=1S/C23H33N5O2S/c1-16(2)15-28-22(27-11-13-30-14-12-27)25-26-23(28)31-17(3)21(29)24-20-10-6-8-18-7-4-5-9-19(18)20/h4-5,7,9,16-17,20H,6,8,10-15H2,1-3H3,(H,24,29)/t17-,20+/m1/s1. The van der Waals surface area contributed by atoms with E-state index >= 15 is 0 Å². The van der Waals surface area contributed by atoms with Crippen LogP contribution in [-0.2, 0) is 22.5 Å². The lowest BCUT2D eigenvalue weighted by molar-refractivity contribution is -0.121. The van der Waals surface area contributed by atoms with Gasteiger partial charge in [-0.3, -0.25) is 9.36 Å². The third-order valence-electron chi connectivity index (χ3n) is 5.88. The van der Waals surface area contributed by atoms with Crippen LogP contribution in [0, 0.1) is 5.92 Å². The molecular weight excluding hydrogens is 410 g/mol. The van der Waals surface area contributed by atoms with Crippen LogP contribution in [0.2, 0.25) is 0 Å². The Labute approximate surface area is 188 Å². The number of benzene rings is 1. The normalized spacial score (nSPS) is 19.9. The Morgan fingerprint density at radius 1 is 1.23 bits per heavy atom. The molecule has 31 heavy (non-hydrogen) atoms. The molecule has 1 aliphatic carbocycles. The van der Waals surface area contributed by atoms with E-state index in [2.05, 4.69) is 63.1 Å². The fourth-order valence-electron chi connectivity index (χ4n) is 4.29. The predicted molar refractivity (Wildman–Crippen MR) is 123 cm³/mol. The Kier molecular flexibility index (Phi) is 7.17. The summed E-state index contributed by atoms with van der Waals surface area (Å²) in [4.78, 5) is 15.3. The van der Waals surface area contributed by atoms with Gasteiger partial charge in [-0.05, 0) is 43.2 Å². The lowest BCUT2D eigenvalue weighted by Gasteiger charge is -2.28. The molecule has 0 bridgehead atoms. The van der Waals surface area contributed by atoms with E-state index in [0.29, 0.717) is 19.1 Å². The molecule has 1 aromatic carbocycles. The van der Waals surface area contributed by atoms with E-state index in [0.717, 1.165) is 50.0 Å². The van der Waals surface area contributed by atoms with Crippen LogP contribution in [0.3, 0.4) is 0 Å². The van der Waals surface area contributed by atoms with Crippen LogP contribution in [0.4, 0.5) is 5.95 Å². The van der Waals surface area contributed by atoms with Crippen molar-refractivity contribution in [1.82, 2.24) is 20.1 Å². The molecule has 2 aromatic rings. The molecule has 0 spiro atoms. The van der Waals surface area contributed by atoms with Gasteiger partial charge in [0, 0.05) is 19.6 Å². The third-order valence-corrected chi connectivity index (χ3v) is 6.96. The molecule has 7 nitrogen and oxygen atoms in total. The van der Waals surface area contributed by atoms with Crippen molar-refractivity contribution < 1.29 is 9.53 Å². The number of carbonyl (C=O) groups is 1. The first-order valence-electron chi connectivity index (χ1n) is 11.3. The molecule has 1 amide bonds. The molecule has 0 unspecified atom stereocenters. The number of amides is 1. The fraction of sp³-hybridized carbons (Fsp3) is 0.609. The number of ether oxygens (including phenoxy) is 1. The molecule has 4 rings (SSSR count). The average Bonchev–Trinajstić information content (AvgIpc) is 3.16. The molecule has 1 fully saturated rings. The number of fused-ring (bicyclic) bond motifs is 1. The molecule has 2 heterocycles. The summed E-state index contributed by atoms with van der Waals surface area (Å²) < 4.78 is 7.65. The molecule has 8 heteroatoms. The molecule has 1 N–H and O–H groups in total. The maximum Gasteiger partial charge on any atom is 0.233 e. The Morgan fingerprint density at radius 2 is 2.00 bits per heavy atom. The first-order chi connectivity index (χ1) is 15.0. The van der Waals surface area contributed by atoms with Crippen LogP contribution in [0.5, 0.6) is 0 Å². The first kappa shape index (κ1) is 22.1. The van der Waals surface area contributed by atoms with Crippen LogP contribution in [-0.4, -0.2) is 52.2 Å². The number of rotatable bonds is 7. The van der Waals surface area contributed by atoms with Crippen LogP contribution in [0.1, 0.15) is 50.8 Å². The highest BCUT2D eigenvalue weighted by molar-refractivity contribution is 8.00. The van der Waals surface area contributed by atoms with Crippen LogP contribution in [0.25, 0.3) is 0 Å². The highest BCUT2D eigenvalue weighted by Gasteiger charge is 2.27. The molecule has 0 radical (unpaired) electrons. The summed E-state index contributed by atoms with van der Waals surface area (Å²) in [7, 11) is 0.